The van der Waals surface area contributed by atoms with Crippen molar-refractivity contribution in [3.8, 4) is 0 Å². The molecule has 1 aliphatic rings. The minimum Gasteiger partial charge on any atom is -0.460 e. The van der Waals surface area contributed by atoms with Gasteiger partial charge in [0.2, 0.25) is 0 Å². The van der Waals surface area contributed by atoms with Crippen molar-refractivity contribution in [2.45, 2.75) is 77.2 Å². The second-order valence-corrected chi connectivity index (χ2v) is 6.05. The monoisotopic (exact) mass is 287 g/mol. The first-order valence-electron chi connectivity index (χ1n) is 7.10. The Morgan fingerprint density at radius 2 is 1.95 bits per heavy atom. The summed E-state index contributed by atoms with van der Waals surface area (Å²) in [6.07, 6.45) is 0.385. The van der Waals surface area contributed by atoms with Crippen LogP contribution in [-0.4, -0.2) is 41.0 Å². The van der Waals surface area contributed by atoms with Crippen molar-refractivity contribution in [2.75, 3.05) is 0 Å². The molecular weight excluding hydrogens is 262 g/mol. The highest BCUT2D eigenvalue weighted by Gasteiger charge is 2.36. The third kappa shape index (κ3) is 5.36. The van der Waals surface area contributed by atoms with E-state index in [9.17, 15) is 14.7 Å². The molecule has 6 heteroatoms. The molecule has 0 bridgehead atoms. The number of hydrogen-bond acceptors (Lipinski definition) is 5. The smallest absolute Gasteiger partial charge is 0.408 e. The molecule has 0 aromatic heterocycles. The largest absolute Gasteiger partial charge is 0.460 e. The molecule has 2 unspecified atom stereocenters. The Kier molecular flexibility index (Phi) is 5.80. The van der Waals surface area contributed by atoms with E-state index in [4.69, 9.17) is 9.47 Å². The molecule has 0 aliphatic heterocycles. The van der Waals surface area contributed by atoms with Crippen LogP contribution in [0.2, 0.25) is 0 Å². The summed E-state index contributed by atoms with van der Waals surface area (Å²) in [6.45, 7) is 6.99. The van der Waals surface area contributed by atoms with Crippen molar-refractivity contribution in [1.82, 2.24) is 5.32 Å². The zero-order valence-electron chi connectivity index (χ0n) is 12.6. The fourth-order valence-electron chi connectivity index (χ4n) is 2.15. The van der Waals surface area contributed by atoms with Crippen LogP contribution in [0.5, 0.6) is 0 Å². The lowest BCUT2D eigenvalue weighted by Gasteiger charge is -2.35. The Bertz CT molecular complexity index is 350. The fraction of sp³-hybridized carbons (Fsp3) is 0.857. The molecule has 0 heterocycles. The normalized spacial score (nSPS) is 26.8. The van der Waals surface area contributed by atoms with Gasteiger partial charge in [-0.1, -0.05) is 6.92 Å². The lowest BCUT2D eigenvalue weighted by Crippen LogP contribution is -2.55. The molecule has 1 aliphatic carbocycles. The van der Waals surface area contributed by atoms with E-state index in [0.717, 1.165) is 6.42 Å². The van der Waals surface area contributed by atoms with Gasteiger partial charge in [0.1, 0.15) is 11.7 Å². The lowest BCUT2D eigenvalue weighted by atomic mass is 9.90. The zero-order valence-corrected chi connectivity index (χ0v) is 12.6. The average Bonchev–Trinajstić information content (AvgIpc) is 2.31. The Balaban J connectivity index is 2.65. The summed E-state index contributed by atoms with van der Waals surface area (Å²) in [5.41, 5.74) is -0.612. The number of carbonyl (C=O) groups is 2. The van der Waals surface area contributed by atoms with Crippen LogP contribution < -0.4 is 5.32 Å². The second-order valence-electron chi connectivity index (χ2n) is 6.05. The van der Waals surface area contributed by atoms with Crippen molar-refractivity contribution in [3.05, 3.63) is 0 Å². The number of aliphatic hydroxyl groups is 1. The van der Waals surface area contributed by atoms with Gasteiger partial charge < -0.3 is 19.9 Å². The molecule has 116 valence electrons. The highest BCUT2D eigenvalue weighted by molar-refractivity contribution is 5.70. The molecule has 6 nitrogen and oxygen atoms in total. The minimum atomic E-state index is -0.731. The first kappa shape index (κ1) is 16.8. The number of hydrogen-bond donors (Lipinski definition) is 2. The van der Waals surface area contributed by atoms with Gasteiger partial charge in [-0.25, -0.2) is 4.79 Å². The Hall–Kier alpha value is -1.30. The molecule has 0 aromatic rings. The third-order valence-corrected chi connectivity index (χ3v) is 3.06. The van der Waals surface area contributed by atoms with Gasteiger partial charge in [-0.2, -0.15) is 0 Å². The quantitative estimate of drug-likeness (QED) is 0.772. The second kappa shape index (κ2) is 6.92. The highest BCUT2D eigenvalue weighted by atomic mass is 16.6. The summed E-state index contributed by atoms with van der Waals surface area (Å²) in [6, 6.07) is -0.617. The number of nitrogens with one attached hydrogen (secondary N) is 1. The summed E-state index contributed by atoms with van der Waals surface area (Å²) in [4.78, 5) is 23.2. The fourth-order valence-corrected chi connectivity index (χ4v) is 2.15. The standard InChI is InChI=1S/C14H25NO5/c1-5-11(17)19-10-8-6-7-9(16)12(10)15-13(18)20-14(2,3)4/h9-10,12,16H,5-8H2,1-4H3,(H,15,18)/t9?,10?,12-/m0/s1. The molecule has 0 saturated heterocycles. The van der Waals surface area contributed by atoms with Crippen LogP contribution in [0.1, 0.15) is 53.4 Å². The van der Waals surface area contributed by atoms with Crippen LogP contribution >= 0.6 is 0 Å². The maximum atomic E-state index is 11.8. The molecule has 2 N–H and O–H groups in total. The van der Waals surface area contributed by atoms with Gasteiger partial charge in [0, 0.05) is 6.42 Å². The molecule has 1 amide bonds. The SMILES string of the molecule is CCC(=O)OC1CCCC(O)[C@@H]1NC(=O)OC(C)(C)C. The molecule has 0 spiro atoms. The molecule has 0 aromatic carbocycles. The number of rotatable bonds is 3. The maximum absolute atomic E-state index is 11.8. The van der Waals surface area contributed by atoms with E-state index in [1.54, 1.807) is 27.7 Å². The van der Waals surface area contributed by atoms with Crippen LogP contribution in [0.15, 0.2) is 0 Å². The molecule has 1 rings (SSSR count). The van der Waals surface area contributed by atoms with Gasteiger partial charge in [-0.3, -0.25) is 4.79 Å². The molecule has 20 heavy (non-hydrogen) atoms. The number of carbonyl (C=O) groups excluding carboxylic acids is 2. The number of amides is 1. The highest BCUT2D eigenvalue weighted by Crippen LogP contribution is 2.23. The zero-order chi connectivity index (χ0) is 15.3. The average molecular weight is 287 g/mol. The van der Waals surface area contributed by atoms with Gasteiger partial charge in [0.15, 0.2) is 0 Å². The van der Waals surface area contributed by atoms with Gasteiger partial charge in [0.25, 0.3) is 0 Å². The van der Waals surface area contributed by atoms with E-state index >= 15 is 0 Å². The van der Waals surface area contributed by atoms with E-state index in [2.05, 4.69) is 5.32 Å². The minimum absolute atomic E-state index is 0.270. The summed E-state index contributed by atoms with van der Waals surface area (Å²) >= 11 is 0. The first-order valence-corrected chi connectivity index (χ1v) is 7.10. The molecule has 1 fully saturated rings. The number of ether oxygens (including phenoxy) is 2. The van der Waals surface area contributed by atoms with Crippen LogP contribution in [0.3, 0.4) is 0 Å². The lowest BCUT2D eigenvalue weighted by molar-refractivity contribution is -0.154. The van der Waals surface area contributed by atoms with E-state index in [-0.39, 0.29) is 12.4 Å². The number of alkyl carbamates (subject to hydrolysis) is 1. The van der Waals surface area contributed by atoms with Crippen molar-refractivity contribution >= 4 is 12.1 Å². The van der Waals surface area contributed by atoms with Crippen LogP contribution in [0.4, 0.5) is 4.79 Å². The maximum Gasteiger partial charge on any atom is 0.408 e. The van der Waals surface area contributed by atoms with Gasteiger partial charge in [0.05, 0.1) is 12.1 Å². The van der Waals surface area contributed by atoms with Crippen molar-refractivity contribution in [3.63, 3.8) is 0 Å². The molecule has 1 saturated carbocycles. The van der Waals surface area contributed by atoms with Crippen molar-refractivity contribution < 1.29 is 24.2 Å². The predicted octanol–water partition coefficient (Wildman–Crippen LogP) is 1.75. The van der Waals surface area contributed by atoms with E-state index in [1.165, 1.54) is 0 Å². The van der Waals surface area contributed by atoms with Crippen molar-refractivity contribution in [2.24, 2.45) is 0 Å². The van der Waals surface area contributed by atoms with Crippen LogP contribution in [0, 0.1) is 0 Å². The Morgan fingerprint density at radius 1 is 1.30 bits per heavy atom. The number of esters is 1. The third-order valence-electron chi connectivity index (χ3n) is 3.06. The molecule has 0 radical (unpaired) electrons. The van der Waals surface area contributed by atoms with E-state index in [1.807, 2.05) is 0 Å². The van der Waals surface area contributed by atoms with E-state index < -0.39 is 29.9 Å². The van der Waals surface area contributed by atoms with Gasteiger partial charge in [-0.15, -0.1) is 0 Å². The van der Waals surface area contributed by atoms with Gasteiger partial charge >= 0.3 is 12.1 Å². The topological polar surface area (TPSA) is 84.9 Å². The molecular formula is C14H25NO5. The van der Waals surface area contributed by atoms with E-state index in [0.29, 0.717) is 12.8 Å². The summed E-state index contributed by atoms with van der Waals surface area (Å²) < 4.78 is 10.5. The van der Waals surface area contributed by atoms with Gasteiger partial charge in [-0.05, 0) is 40.0 Å². The first-order chi connectivity index (χ1) is 9.23. The van der Waals surface area contributed by atoms with Crippen molar-refractivity contribution in [1.29, 1.82) is 0 Å². The Morgan fingerprint density at radius 3 is 2.50 bits per heavy atom. The summed E-state index contributed by atoms with van der Waals surface area (Å²) in [5, 5.41) is 12.6. The Labute approximate surface area is 119 Å². The summed E-state index contributed by atoms with van der Waals surface area (Å²) in [7, 11) is 0. The van der Waals surface area contributed by atoms with Crippen LogP contribution in [-0.2, 0) is 14.3 Å². The summed E-state index contributed by atoms with van der Waals surface area (Å²) in [5.74, 6) is -0.333. The number of aliphatic hydroxyl groups excluding tert-OH is 1. The molecule has 3 atom stereocenters. The predicted molar refractivity (Wildman–Crippen MR) is 73.2 cm³/mol. The van der Waals surface area contributed by atoms with Crippen LogP contribution in [0.25, 0.3) is 0 Å².